The van der Waals surface area contributed by atoms with Crippen LogP contribution in [0.2, 0.25) is 5.02 Å². The number of halogens is 2. The van der Waals surface area contributed by atoms with E-state index in [-0.39, 0.29) is 33.9 Å². The van der Waals surface area contributed by atoms with Gasteiger partial charge in [0.25, 0.3) is 5.91 Å². The first-order valence-electron chi connectivity index (χ1n) is 9.55. The quantitative estimate of drug-likeness (QED) is 0.722. The Morgan fingerprint density at radius 3 is 2.47 bits per heavy atom. The van der Waals surface area contributed by atoms with Crippen LogP contribution in [-0.4, -0.2) is 49.4 Å². The van der Waals surface area contributed by atoms with Crippen LogP contribution in [0, 0.1) is 5.82 Å². The van der Waals surface area contributed by atoms with Crippen molar-refractivity contribution in [3.8, 4) is 5.88 Å². The lowest BCUT2D eigenvalue weighted by Gasteiger charge is -2.32. The van der Waals surface area contributed by atoms with E-state index in [1.165, 1.54) is 24.4 Å². The van der Waals surface area contributed by atoms with E-state index < -0.39 is 15.8 Å². The number of rotatable bonds is 6. The van der Waals surface area contributed by atoms with Gasteiger partial charge in [0, 0.05) is 25.3 Å². The largest absolute Gasteiger partial charge is 0.474 e. The minimum absolute atomic E-state index is 0.00632. The monoisotopic (exact) mass is 455 g/mol. The summed E-state index contributed by atoms with van der Waals surface area (Å²) >= 11 is 6.16. The number of ether oxygens (including phenoxy) is 1. The third kappa shape index (κ3) is 5.47. The van der Waals surface area contributed by atoms with Gasteiger partial charge in [-0.05, 0) is 57.0 Å². The van der Waals surface area contributed by atoms with Crippen molar-refractivity contribution in [3.63, 3.8) is 0 Å². The van der Waals surface area contributed by atoms with Crippen molar-refractivity contribution < 1.29 is 22.3 Å². The first kappa shape index (κ1) is 22.5. The first-order valence-corrected chi connectivity index (χ1v) is 11.4. The molecule has 2 aromatic rings. The molecule has 0 bridgehead atoms. The lowest BCUT2D eigenvalue weighted by molar-refractivity contribution is 0.0710. The van der Waals surface area contributed by atoms with Gasteiger partial charge in [-0.3, -0.25) is 4.79 Å². The van der Waals surface area contributed by atoms with Gasteiger partial charge in [-0.2, -0.15) is 0 Å². The molecule has 2 heterocycles. The summed E-state index contributed by atoms with van der Waals surface area (Å²) < 4.78 is 46.0. The second-order valence-corrected chi connectivity index (χ2v) is 9.44. The molecule has 162 valence electrons. The Labute approximate surface area is 180 Å². The number of piperidine rings is 1. The third-order valence-corrected chi connectivity index (χ3v) is 6.44. The maximum atomic E-state index is 13.0. The second-order valence-electron chi connectivity index (χ2n) is 7.32. The molecule has 0 spiro atoms. The topological polar surface area (TPSA) is 88.6 Å². The molecule has 0 saturated carbocycles. The minimum Gasteiger partial charge on any atom is -0.474 e. The Morgan fingerprint density at radius 1 is 1.27 bits per heavy atom. The number of sulfonamides is 1. The fourth-order valence-corrected chi connectivity index (χ4v) is 4.65. The maximum absolute atomic E-state index is 13.0. The average Bonchev–Trinajstić information content (AvgIpc) is 2.69. The van der Waals surface area contributed by atoms with Crippen LogP contribution in [0.4, 0.5) is 4.39 Å². The van der Waals surface area contributed by atoms with Gasteiger partial charge in [-0.1, -0.05) is 11.6 Å². The Bertz CT molecular complexity index is 1010. The molecule has 7 nitrogen and oxygen atoms in total. The molecule has 0 radical (unpaired) electrons. The average molecular weight is 456 g/mol. The molecular weight excluding hydrogens is 433 g/mol. The number of carbonyl (C=O) groups is 1. The molecule has 1 N–H and O–H groups in total. The molecule has 1 fully saturated rings. The Balaban J connectivity index is 1.59. The number of likely N-dealkylation sites (tertiary alicyclic amines) is 1. The van der Waals surface area contributed by atoms with E-state index >= 15 is 0 Å². The molecule has 1 amide bonds. The molecule has 0 unspecified atom stereocenters. The molecule has 1 saturated heterocycles. The summed E-state index contributed by atoms with van der Waals surface area (Å²) in [5, 5.41) is 0.261. The van der Waals surface area contributed by atoms with Crippen molar-refractivity contribution in [3.05, 3.63) is 52.9 Å². The lowest BCUT2D eigenvalue weighted by atomic mass is 10.1. The molecule has 0 aliphatic carbocycles. The number of hydrogen-bond acceptors (Lipinski definition) is 5. The number of nitrogens with zero attached hydrogens (tertiary/aromatic N) is 2. The van der Waals surface area contributed by atoms with Crippen molar-refractivity contribution in [1.29, 1.82) is 0 Å². The molecule has 30 heavy (non-hydrogen) atoms. The van der Waals surface area contributed by atoms with Gasteiger partial charge in [0.05, 0.1) is 16.6 Å². The van der Waals surface area contributed by atoms with Crippen LogP contribution in [0.3, 0.4) is 0 Å². The van der Waals surface area contributed by atoms with Gasteiger partial charge >= 0.3 is 0 Å². The van der Waals surface area contributed by atoms with Gasteiger partial charge < -0.3 is 9.64 Å². The van der Waals surface area contributed by atoms with Crippen molar-refractivity contribution in [2.75, 3.05) is 13.1 Å². The van der Waals surface area contributed by atoms with Gasteiger partial charge in [0.2, 0.25) is 15.9 Å². The highest BCUT2D eigenvalue weighted by molar-refractivity contribution is 7.89. The summed E-state index contributed by atoms with van der Waals surface area (Å²) in [4.78, 5) is 18.5. The number of carbonyl (C=O) groups excluding carboxylic acids is 1. The molecule has 1 aromatic carbocycles. The Hall–Kier alpha value is -2.23. The summed E-state index contributed by atoms with van der Waals surface area (Å²) in [6, 6.07) is 5.86. The zero-order valence-electron chi connectivity index (χ0n) is 16.6. The van der Waals surface area contributed by atoms with E-state index in [4.69, 9.17) is 16.3 Å². The van der Waals surface area contributed by atoms with Crippen molar-refractivity contribution >= 4 is 27.5 Å². The highest BCUT2D eigenvalue weighted by atomic mass is 35.5. The van der Waals surface area contributed by atoms with E-state index in [0.717, 1.165) is 12.1 Å². The molecule has 1 aliphatic rings. The van der Waals surface area contributed by atoms with E-state index in [1.54, 1.807) is 4.90 Å². The summed E-state index contributed by atoms with van der Waals surface area (Å²) in [7, 11) is -3.75. The normalized spacial score (nSPS) is 15.4. The number of pyridine rings is 1. The zero-order valence-corrected chi connectivity index (χ0v) is 18.2. The number of hydrogen-bond donors (Lipinski definition) is 1. The second kappa shape index (κ2) is 9.28. The van der Waals surface area contributed by atoms with Crippen LogP contribution >= 0.6 is 11.6 Å². The number of aromatic nitrogens is 1. The van der Waals surface area contributed by atoms with Gasteiger partial charge in [0.15, 0.2) is 0 Å². The number of amides is 1. The predicted octanol–water partition coefficient (Wildman–Crippen LogP) is 3.24. The Morgan fingerprint density at radius 2 is 1.90 bits per heavy atom. The third-order valence-electron chi connectivity index (χ3n) is 4.63. The smallest absolute Gasteiger partial charge is 0.255 e. The SMILES string of the molecule is CC(C)Oc1ncc(C(=O)N2CCC(NS(=O)(=O)c3ccc(F)cc3)CC2)cc1Cl. The Kier molecular flexibility index (Phi) is 6.95. The molecule has 1 aliphatic heterocycles. The van der Waals surface area contributed by atoms with E-state index in [0.29, 0.717) is 31.5 Å². The predicted molar refractivity (Wildman–Crippen MR) is 111 cm³/mol. The summed E-state index contributed by atoms with van der Waals surface area (Å²) in [5.41, 5.74) is 0.349. The fourth-order valence-electron chi connectivity index (χ4n) is 3.14. The summed E-state index contributed by atoms with van der Waals surface area (Å²) in [6.45, 7) is 4.48. The van der Waals surface area contributed by atoms with Gasteiger partial charge in [-0.15, -0.1) is 0 Å². The van der Waals surface area contributed by atoms with E-state index in [1.807, 2.05) is 13.8 Å². The first-order chi connectivity index (χ1) is 14.2. The van der Waals surface area contributed by atoms with Crippen molar-refractivity contribution in [2.45, 2.75) is 43.7 Å². The standard InChI is InChI=1S/C20H23ClFN3O4S/c1-13(2)29-19-18(21)11-14(12-23-19)20(26)25-9-7-16(8-10-25)24-30(27,28)17-5-3-15(22)4-6-17/h3-6,11-13,16,24H,7-10H2,1-2H3. The lowest BCUT2D eigenvalue weighted by Crippen LogP contribution is -2.46. The fraction of sp³-hybridized carbons (Fsp3) is 0.400. The molecule has 0 atom stereocenters. The highest BCUT2D eigenvalue weighted by Gasteiger charge is 2.27. The number of benzene rings is 1. The summed E-state index contributed by atoms with van der Waals surface area (Å²) in [6.07, 6.45) is 2.26. The van der Waals surface area contributed by atoms with Gasteiger partial charge in [-0.25, -0.2) is 22.5 Å². The molecular formula is C20H23ClFN3O4S. The van der Waals surface area contributed by atoms with Crippen LogP contribution in [0.1, 0.15) is 37.0 Å². The van der Waals surface area contributed by atoms with Crippen molar-refractivity contribution in [1.82, 2.24) is 14.6 Å². The van der Waals surface area contributed by atoms with Crippen LogP contribution in [0.15, 0.2) is 41.4 Å². The highest BCUT2D eigenvalue weighted by Crippen LogP contribution is 2.25. The van der Waals surface area contributed by atoms with Gasteiger partial charge in [0.1, 0.15) is 10.8 Å². The van der Waals surface area contributed by atoms with Crippen LogP contribution in [0.25, 0.3) is 0 Å². The zero-order chi connectivity index (χ0) is 21.9. The summed E-state index contributed by atoms with van der Waals surface area (Å²) in [5.74, 6) is -0.448. The van der Waals surface area contributed by atoms with E-state index in [9.17, 15) is 17.6 Å². The number of nitrogens with one attached hydrogen (secondary N) is 1. The molecule has 10 heteroatoms. The molecule has 3 rings (SSSR count). The van der Waals surface area contributed by atoms with Crippen molar-refractivity contribution in [2.24, 2.45) is 0 Å². The minimum atomic E-state index is -3.75. The van der Waals surface area contributed by atoms with Crippen LogP contribution in [0.5, 0.6) is 5.88 Å². The molecule has 1 aromatic heterocycles. The van der Waals surface area contributed by atoms with E-state index in [2.05, 4.69) is 9.71 Å². The van der Waals surface area contributed by atoms with Crippen LogP contribution < -0.4 is 9.46 Å². The van der Waals surface area contributed by atoms with Crippen LogP contribution in [-0.2, 0) is 10.0 Å². The maximum Gasteiger partial charge on any atom is 0.255 e.